The Morgan fingerprint density at radius 2 is 2.29 bits per heavy atom. The fraction of sp³-hybridized carbons (Fsp3) is 0.333. The van der Waals surface area contributed by atoms with Crippen LogP contribution in [-0.2, 0) is 0 Å². The molecular formula is C12H17NO. The number of aromatic hydroxyl groups is 1. The van der Waals surface area contributed by atoms with Gasteiger partial charge in [0.2, 0.25) is 0 Å². The van der Waals surface area contributed by atoms with Crippen LogP contribution in [0.3, 0.4) is 0 Å². The molecule has 0 spiro atoms. The van der Waals surface area contributed by atoms with Gasteiger partial charge in [0.15, 0.2) is 0 Å². The molecule has 0 aliphatic heterocycles. The Bertz CT molecular complexity index is 320. The van der Waals surface area contributed by atoms with E-state index in [-0.39, 0.29) is 6.04 Å². The van der Waals surface area contributed by atoms with Gasteiger partial charge in [-0.1, -0.05) is 18.2 Å². The molecule has 0 fully saturated rings. The Kier molecular flexibility index (Phi) is 3.72. The molecule has 14 heavy (non-hydrogen) atoms. The lowest BCUT2D eigenvalue weighted by molar-refractivity contribution is 0.455. The number of hydrogen-bond acceptors (Lipinski definition) is 2. The zero-order valence-corrected chi connectivity index (χ0v) is 8.75. The van der Waals surface area contributed by atoms with Crippen molar-refractivity contribution >= 4 is 0 Å². The van der Waals surface area contributed by atoms with E-state index in [9.17, 15) is 5.11 Å². The Labute approximate surface area is 85.3 Å². The topological polar surface area (TPSA) is 32.3 Å². The molecule has 1 unspecified atom stereocenters. The van der Waals surface area contributed by atoms with Gasteiger partial charge >= 0.3 is 0 Å². The quantitative estimate of drug-likeness (QED) is 0.717. The Hall–Kier alpha value is -1.28. The number of phenols is 1. The third-order valence-electron chi connectivity index (χ3n) is 2.22. The normalized spacial score (nSPS) is 12.4. The molecule has 0 saturated heterocycles. The summed E-state index contributed by atoms with van der Waals surface area (Å²) in [6.45, 7) is 8.37. The maximum Gasteiger partial charge on any atom is 0.120 e. The summed E-state index contributed by atoms with van der Waals surface area (Å²) in [5, 5.41) is 12.9. The van der Waals surface area contributed by atoms with Crippen LogP contribution >= 0.6 is 0 Å². The van der Waals surface area contributed by atoms with Crippen LogP contribution in [0.15, 0.2) is 30.9 Å². The molecule has 1 atom stereocenters. The molecule has 0 amide bonds. The van der Waals surface area contributed by atoms with Gasteiger partial charge in [0.25, 0.3) is 0 Å². The van der Waals surface area contributed by atoms with E-state index in [2.05, 4.69) is 11.9 Å². The van der Waals surface area contributed by atoms with E-state index in [0.717, 1.165) is 17.7 Å². The zero-order chi connectivity index (χ0) is 10.6. The van der Waals surface area contributed by atoms with Gasteiger partial charge in [-0.3, -0.25) is 0 Å². The summed E-state index contributed by atoms with van der Waals surface area (Å²) in [5.74, 6) is 0.356. The van der Waals surface area contributed by atoms with Crippen LogP contribution < -0.4 is 5.32 Å². The molecule has 76 valence electrons. The summed E-state index contributed by atoms with van der Waals surface area (Å²) in [7, 11) is 0. The fourth-order valence-corrected chi connectivity index (χ4v) is 1.39. The molecule has 0 radical (unpaired) electrons. The Balaban J connectivity index is 2.78. The number of aryl methyl sites for hydroxylation is 1. The average Bonchev–Trinajstić information content (AvgIpc) is 2.14. The first-order chi connectivity index (χ1) is 6.65. The summed E-state index contributed by atoms with van der Waals surface area (Å²) >= 11 is 0. The highest BCUT2D eigenvalue weighted by atomic mass is 16.3. The van der Waals surface area contributed by atoms with Gasteiger partial charge < -0.3 is 10.4 Å². The molecule has 0 aliphatic rings. The molecule has 2 nitrogen and oxygen atoms in total. The van der Waals surface area contributed by atoms with Crippen LogP contribution in [0.4, 0.5) is 0 Å². The smallest absolute Gasteiger partial charge is 0.120 e. The highest BCUT2D eigenvalue weighted by Gasteiger charge is 2.08. The number of phenolic OH excluding ortho intramolecular Hbond substituents is 1. The number of rotatable bonds is 4. The molecule has 2 heteroatoms. The molecule has 0 aliphatic carbocycles. The van der Waals surface area contributed by atoms with Crippen LogP contribution in [0.1, 0.15) is 24.1 Å². The fourth-order valence-electron chi connectivity index (χ4n) is 1.39. The summed E-state index contributed by atoms with van der Waals surface area (Å²) in [6.07, 6.45) is 1.81. The van der Waals surface area contributed by atoms with Crippen LogP contribution in [0.2, 0.25) is 0 Å². The van der Waals surface area contributed by atoms with Crippen LogP contribution in [-0.4, -0.2) is 11.7 Å². The van der Waals surface area contributed by atoms with Crippen molar-refractivity contribution in [2.45, 2.75) is 19.9 Å². The molecule has 0 aromatic heterocycles. The molecule has 0 bridgehead atoms. The first-order valence-electron chi connectivity index (χ1n) is 4.79. The van der Waals surface area contributed by atoms with Crippen molar-refractivity contribution in [1.82, 2.24) is 5.32 Å². The summed E-state index contributed by atoms with van der Waals surface area (Å²) in [6, 6.07) is 5.88. The van der Waals surface area contributed by atoms with E-state index in [0.29, 0.717) is 5.75 Å². The van der Waals surface area contributed by atoms with Crippen molar-refractivity contribution in [2.24, 2.45) is 0 Å². The van der Waals surface area contributed by atoms with Gasteiger partial charge in [0.1, 0.15) is 5.75 Å². The molecular weight excluding hydrogens is 174 g/mol. The van der Waals surface area contributed by atoms with Crippen LogP contribution in [0.25, 0.3) is 0 Å². The zero-order valence-electron chi connectivity index (χ0n) is 8.75. The van der Waals surface area contributed by atoms with E-state index in [1.165, 1.54) is 0 Å². The minimum absolute atomic E-state index is 0.147. The first-order valence-corrected chi connectivity index (χ1v) is 4.79. The molecule has 0 saturated carbocycles. The van der Waals surface area contributed by atoms with Crippen LogP contribution in [0, 0.1) is 6.92 Å². The monoisotopic (exact) mass is 191 g/mol. The minimum atomic E-state index is 0.147. The minimum Gasteiger partial charge on any atom is -0.508 e. The van der Waals surface area contributed by atoms with Gasteiger partial charge in [-0.05, 0) is 25.5 Å². The highest BCUT2D eigenvalue weighted by molar-refractivity contribution is 5.37. The predicted octanol–water partition coefficient (Wildman–Crippen LogP) is 2.54. The second kappa shape index (κ2) is 4.82. The lowest BCUT2D eigenvalue weighted by atomic mass is 10.1. The Morgan fingerprint density at radius 3 is 2.86 bits per heavy atom. The van der Waals surface area contributed by atoms with E-state index < -0.39 is 0 Å². The summed E-state index contributed by atoms with van der Waals surface area (Å²) in [5.41, 5.74) is 2.00. The van der Waals surface area contributed by atoms with Gasteiger partial charge in [-0.15, -0.1) is 6.58 Å². The van der Waals surface area contributed by atoms with Gasteiger partial charge in [-0.2, -0.15) is 0 Å². The number of benzene rings is 1. The predicted molar refractivity (Wildman–Crippen MR) is 59.5 cm³/mol. The second-order valence-electron chi connectivity index (χ2n) is 3.48. The van der Waals surface area contributed by atoms with Crippen molar-refractivity contribution in [2.75, 3.05) is 6.54 Å². The molecule has 1 aromatic rings. The van der Waals surface area contributed by atoms with Crippen molar-refractivity contribution < 1.29 is 5.11 Å². The first kappa shape index (κ1) is 10.8. The molecule has 1 rings (SSSR count). The van der Waals surface area contributed by atoms with Crippen molar-refractivity contribution in [3.8, 4) is 5.75 Å². The van der Waals surface area contributed by atoms with Crippen LogP contribution in [0.5, 0.6) is 5.75 Å². The average molecular weight is 191 g/mol. The summed E-state index contributed by atoms with van der Waals surface area (Å²) in [4.78, 5) is 0. The van der Waals surface area contributed by atoms with Crippen molar-refractivity contribution in [3.05, 3.63) is 42.0 Å². The third-order valence-corrected chi connectivity index (χ3v) is 2.22. The van der Waals surface area contributed by atoms with Gasteiger partial charge in [-0.25, -0.2) is 0 Å². The summed E-state index contributed by atoms with van der Waals surface area (Å²) < 4.78 is 0. The van der Waals surface area contributed by atoms with E-state index >= 15 is 0 Å². The van der Waals surface area contributed by atoms with E-state index in [4.69, 9.17) is 0 Å². The van der Waals surface area contributed by atoms with Crippen molar-refractivity contribution in [1.29, 1.82) is 0 Å². The standard InChI is InChI=1S/C12H17NO/c1-4-7-13-10(3)11-6-5-9(2)8-12(11)14/h4-6,8,10,13-14H,1,7H2,2-3H3. The van der Waals surface area contributed by atoms with Gasteiger partial charge in [0, 0.05) is 18.2 Å². The van der Waals surface area contributed by atoms with E-state index in [1.807, 2.05) is 32.1 Å². The number of hydrogen-bond donors (Lipinski definition) is 2. The lowest BCUT2D eigenvalue weighted by Gasteiger charge is -2.14. The maximum atomic E-state index is 9.70. The number of nitrogens with one attached hydrogen (secondary N) is 1. The maximum absolute atomic E-state index is 9.70. The SMILES string of the molecule is C=CCNC(C)c1ccc(C)cc1O. The highest BCUT2D eigenvalue weighted by Crippen LogP contribution is 2.24. The lowest BCUT2D eigenvalue weighted by Crippen LogP contribution is -2.18. The van der Waals surface area contributed by atoms with E-state index in [1.54, 1.807) is 6.07 Å². The molecule has 1 aromatic carbocycles. The molecule has 2 N–H and O–H groups in total. The van der Waals surface area contributed by atoms with Gasteiger partial charge in [0.05, 0.1) is 0 Å². The largest absolute Gasteiger partial charge is 0.508 e. The van der Waals surface area contributed by atoms with Crippen molar-refractivity contribution in [3.63, 3.8) is 0 Å². The second-order valence-corrected chi connectivity index (χ2v) is 3.48. The molecule has 0 heterocycles. The third kappa shape index (κ3) is 2.60. The Morgan fingerprint density at radius 1 is 1.57 bits per heavy atom.